The predicted molar refractivity (Wildman–Crippen MR) is 78.2 cm³/mol. The summed E-state index contributed by atoms with van der Waals surface area (Å²) in [6.07, 6.45) is 3.53. The monoisotopic (exact) mass is 290 g/mol. The molecule has 2 rings (SSSR count). The molecule has 104 valence electrons. The van der Waals surface area contributed by atoms with Gasteiger partial charge in [0.15, 0.2) is 0 Å². The van der Waals surface area contributed by atoms with Crippen molar-refractivity contribution in [3.63, 3.8) is 0 Å². The number of hydrogen-bond donors (Lipinski definition) is 2. The molecule has 0 bridgehead atoms. The first-order chi connectivity index (χ1) is 9.60. The van der Waals surface area contributed by atoms with Gasteiger partial charge in [0.05, 0.1) is 0 Å². The molecule has 0 spiro atoms. The van der Waals surface area contributed by atoms with Crippen LogP contribution in [0.5, 0.6) is 0 Å². The number of aliphatic carboxylic acids is 1. The van der Waals surface area contributed by atoms with Gasteiger partial charge in [-0.25, -0.2) is 0 Å². The van der Waals surface area contributed by atoms with Crippen LogP contribution in [0.3, 0.4) is 0 Å². The zero-order valence-electron chi connectivity index (χ0n) is 10.9. The maximum Gasteiger partial charge on any atom is 0.323 e. The van der Waals surface area contributed by atoms with Crippen LogP contribution in [0.1, 0.15) is 10.5 Å². The van der Waals surface area contributed by atoms with Gasteiger partial charge < -0.3 is 15.0 Å². The van der Waals surface area contributed by atoms with Crippen molar-refractivity contribution < 1.29 is 14.7 Å². The van der Waals surface area contributed by atoms with E-state index in [-0.39, 0.29) is 12.5 Å². The van der Waals surface area contributed by atoms with Crippen LogP contribution in [-0.4, -0.2) is 27.8 Å². The third-order valence-electron chi connectivity index (χ3n) is 2.70. The Bertz CT molecular complexity index is 637. The molecule has 1 amide bonds. The normalized spacial score (nSPS) is 10.2. The summed E-state index contributed by atoms with van der Waals surface area (Å²) < 4.78 is 1.40. The van der Waals surface area contributed by atoms with Crippen molar-refractivity contribution in [1.82, 2.24) is 4.57 Å². The zero-order chi connectivity index (χ0) is 14.5. The summed E-state index contributed by atoms with van der Waals surface area (Å²) in [6, 6.07) is 10.7. The molecule has 0 aliphatic carbocycles. The second-order valence-corrected chi connectivity index (χ2v) is 4.98. The summed E-state index contributed by atoms with van der Waals surface area (Å²) in [6.45, 7) is -0.236. The first-order valence-electron chi connectivity index (χ1n) is 5.92. The maximum absolute atomic E-state index is 12.1. The van der Waals surface area contributed by atoms with Crippen molar-refractivity contribution in [2.45, 2.75) is 11.4 Å². The van der Waals surface area contributed by atoms with E-state index in [1.54, 1.807) is 36.2 Å². The molecule has 1 aromatic heterocycles. The minimum absolute atomic E-state index is 0.236. The van der Waals surface area contributed by atoms with Crippen LogP contribution in [0.2, 0.25) is 0 Å². The van der Waals surface area contributed by atoms with Crippen LogP contribution in [0.4, 0.5) is 5.69 Å². The Kier molecular flexibility index (Phi) is 4.47. The van der Waals surface area contributed by atoms with Crippen molar-refractivity contribution in [1.29, 1.82) is 0 Å². The van der Waals surface area contributed by atoms with Crippen LogP contribution in [-0.2, 0) is 11.3 Å². The smallest absolute Gasteiger partial charge is 0.323 e. The molecule has 6 heteroatoms. The van der Waals surface area contributed by atoms with Gasteiger partial charge in [-0.3, -0.25) is 9.59 Å². The summed E-state index contributed by atoms with van der Waals surface area (Å²) in [5.74, 6) is -1.31. The largest absolute Gasteiger partial charge is 0.480 e. The number of rotatable bonds is 5. The highest BCUT2D eigenvalue weighted by molar-refractivity contribution is 7.98. The fourth-order valence-corrected chi connectivity index (χ4v) is 2.26. The van der Waals surface area contributed by atoms with Gasteiger partial charge in [0, 0.05) is 16.8 Å². The van der Waals surface area contributed by atoms with Crippen LogP contribution in [0.25, 0.3) is 0 Å². The van der Waals surface area contributed by atoms with E-state index in [4.69, 9.17) is 5.11 Å². The number of carboxylic acid groups (broad SMARTS) is 1. The van der Waals surface area contributed by atoms with Crippen molar-refractivity contribution in [3.05, 3.63) is 48.3 Å². The highest BCUT2D eigenvalue weighted by atomic mass is 32.2. The van der Waals surface area contributed by atoms with Crippen molar-refractivity contribution >= 4 is 29.3 Å². The molecule has 20 heavy (non-hydrogen) atoms. The number of carbonyl (C=O) groups excluding carboxylic acids is 1. The molecule has 0 fully saturated rings. The Morgan fingerprint density at radius 1 is 1.30 bits per heavy atom. The zero-order valence-corrected chi connectivity index (χ0v) is 11.7. The number of nitrogens with zero attached hydrogens (tertiary/aromatic N) is 1. The molecular weight excluding hydrogens is 276 g/mol. The standard InChI is InChI=1S/C14H14N2O3S/c1-20-11-5-2-4-10(8-11)15-14(19)12-6-3-7-16(12)9-13(17)18/h2-8H,9H2,1H3,(H,15,19)(H,17,18). The average molecular weight is 290 g/mol. The fraction of sp³-hybridized carbons (Fsp3) is 0.143. The molecule has 0 saturated carbocycles. The summed E-state index contributed by atoms with van der Waals surface area (Å²) in [4.78, 5) is 23.9. The minimum atomic E-state index is -0.986. The first kappa shape index (κ1) is 14.2. The quantitative estimate of drug-likeness (QED) is 0.830. The summed E-state index contributed by atoms with van der Waals surface area (Å²) in [5, 5.41) is 11.6. The Morgan fingerprint density at radius 2 is 2.10 bits per heavy atom. The van der Waals surface area contributed by atoms with Crippen LogP contribution in [0, 0.1) is 0 Å². The SMILES string of the molecule is CSc1cccc(NC(=O)c2cccn2CC(=O)O)c1. The predicted octanol–water partition coefficient (Wildman–Crippen LogP) is 2.55. The average Bonchev–Trinajstić information content (AvgIpc) is 2.86. The first-order valence-corrected chi connectivity index (χ1v) is 7.15. The van der Waals surface area contributed by atoms with E-state index in [1.807, 2.05) is 24.5 Å². The Morgan fingerprint density at radius 3 is 2.80 bits per heavy atom. The molecule has 0 radical (unpaired) electrons. The molecular formula is C14H14N2O3S. The lowest BCUT2D eigenvalue weighted by Crippen LogP contribution is -2.19. The third kappa shape index (κ3) is 3.42. The number of aromatic nitrogens is 1. The number of hydrogen-bond acceptors (Lipinski definition) is 3. The van der Waals surface area contributed by atoms with E-state index < -0.39 is 5.97 Å². The van der Waals surface area contributed by atoms with Gasteiger partial charge in [-0.15, -0.1) is 11.8 Å². The highest BCUT2D eigenvalue weighted by Gasteiger charge is 2.12. The van der Waals surface area contributed by atoms with E-state index in [0.29, 0.717) is 11.4 Å². The maximum atomic E-state index is 12.1. The molecule has 0 aliphatic rings. The second kappa shape index (κ2) is 6.29. The molecule has 2 aromatic rings. The number of nitrogens with one attached hydrogen (secondary N) is 1. The summed E-state index contributed by atoms with van der Waals surface area (Å²) in [7, 11) is 0. The molecule has 2 N–H and O–H groups in total. The number of amides is 1. The van der Waals surface area contributed by atoms with Crippen LogP contribution in [0.15, 0.2) is 47.5 Å². The molecule has 1 heterocycles. The van der Waals surface area contributed by atoms with Gasteiger partial charge >= 0.3 is 5.97 Å². The van der Waals surface area contributed by atoms with Crippen molar-refractivity contribution in [3.8, 4) is 0 Å². The Labute approximate surface area is 120 Å². The van der Waals surface area contributed by atoms with E-state index in [0.717, 1.165) is 4.90 Å². The van der Waals surface area contributed by atoms with Crippen molar-refractivity contribution in [2.24, 2.45) is 0 Å². The summed E-state index contributed by atoms with van der Waals surface area (Å²) >= 11 is 1.58. The molecule has 5 nitrogen and oxygen atoms in total. The fourth-order valence-electron chi connectivity index (χ4n) is 1.80. The van der Waals surface area contributed by atoms with Gasteiger partial charge in [-0.1, -0.05) is 6.07 Å². The van der Waals surface area contributed by atoms with Crippen LogP contribution < -0.4 is 5.32 Å². The summed E-state index contributed by atoms with van der Waals surface area (Å²) in [5.41, 5.74) is 1.01. The lowest BCUT2D eigenvalue weighted by atomic mass is 10.3. The van der Waals surface area contributed by atoms with Gasteiger partial charge in [-0.2, -0.15) is 0 Å². The minimum Gasteiger partial charge on any atom is -0.480 e. The topological polar surface area (TPSA) is 71.3 Å². The van der Waals surface area contributed by atoms with Gasteiger partial charge in [-0.05, 0) is 36.6 Å². The second-order valence-electron chi connectivity index (χ2n) is 4.10. The van der Waals surface area contributed by atoms with Crippen molar-refractivity contribution in [2.75, 3.05) is 11.6 Å². The van der Waals surface area contributed by atoms with Gasteiger partial charge in [0.1, 0.15) is 12.2 Å². The van der Waals surface area contributed by atoms with E-state index in [1.165, 1.54) is 4.57 Å². The van der Waals surface area contributed by atoms with E-state index >= 15 is 0 Å². The molecule has 0 saturated heterocycles. The molecule has 1 aromatic carbocycles. The highest BCUT2D eigenvalue weighted by Crippen LogP contribution is 2.19. The number of carbonyl (C=O) groups is 2. The van der Waals surface area contributed by atoms with E-state index in [9.17, 15) is 9.59 Å². The molecule has 0 aliphatic heterocycles. The Balaban J connectivity index is 2.15. The number of carboxylic acids is 1. The number of anilines is 1. The Hall–Kier alpha value is -2.21. The van der Waals surface area contributed by atoms with E-state index in [2.05, 4.69) is 5.32 Å². The molecule has 0 unspecified atom stereocenters. The lowest BCUT2D eigenvalue weighted by molar-refractivity contribution is -0.137. The van der Waals surface area contributed by atoms with Crippen LogP contribution >= 0.6 is 11.8 Å². The van der Waals surface area contributed by atoms with Gasteiger partial charge in [0.25, 0.3) is 5.91 Å². The molecule has 0 atom stereocenters. The number of benzene rings is 1. The lowest BCUT2D eigenvalue weighted by Gasteiger charge is -2.08. The third-order valence-corrected chi connectivity index (χ3v) is 3.42. The van der Waals surface area contributed by atoms with Gasteiger partial charge in [0.2, 0.25) is 0 Å². The number of thioether (sulfide) groups is 1.